The van der Waals surface area contributed by atoms with E-state index >= 15 is 0 Å². The van der Waals surface area contributed by atoms with Crippen molar-refractivity contribution >= 4 is 0 Å². The van der Waals surface area contributed by atoms with Gasteiger partial charge in [-0.05, 0) is 6.92 Å². The lowest BCUT2D eigenvalue weighted by Gasteiger charge is -2.36. The first-order valence-corrected chi connectivity index (χ1v) is 4.20. The standard InChI is InChI=1S/C8H17NO2/c1-3-4-8(2)10-5-7(9)6-11-8/h7H,3-6,9H2,1-2H3. The van der Waals surface area contributed by atoms with Crippen molar-refractivity contribution < 1.29 is 9.47 Å². The van der Waals surface area contributed by atoms with E-state index in [2.05, 4.69) is 6.92 Å². The monoisotopic (exact) mass is 159 g/mol. The van der Waals surface area contributed by atoms with Gasteiger partial charge in [0.15, 0.2) is 5.79 Å². The summed E-state index contributed by atoms with van der Waals surface area (Å²) in [5.74, 6) is -0.370. The summed E-state index contributed by atoms with van der Waals surface area (Å²) in [4.78, 5) is 0. The Morgan fingerprint density at radius 2 is 2.00 bits per heavy atom. The minimum atomic E-state index is -0.370. The van der Waals surface area contributed by atoms with Gasteiger partial charge >= 0.3 is 0 Å². The Morgan fingerprint density at radius 3 is 2.45 bits per heavy atom. The van der Waals surface area contributed by atoms with Crippen LogP contribution in [0.2, 0.25) is 0 Å². The average Bonchev–Trinajstić information content (AvgIpc) is 1.97. The fourth-order valence-electron chi connectivity index (χ4n) is 1.25. The van der Waals surface area contributed by atoms with E-state index in [0.29, 0.717) is 13.2 Å². The van der Waals surface area contributed by atoms with Crippen molar-refractivity contribution in [1.29, 1.82) is 0 Å². The molecule has 1 rings (SSSR count). The van der Waals surface area contributed by atoms with Crippen molar-refractivity contribution in [3.05, 3.63) is 0 Å². The molecule has 1 aliphatic heterocycles. The van der Waals surface area contributed by atoms with E-state index in [0.717, 1.165) is 12.8 Å². The Morgan fingerprint density at radius 1 is 1.45 bits per heavy atom. The van der Waals surface area contributed by atoms with E-state index < -0.39 is 0 Å². The highest BCUT2D eigenvalue weighted by molar-refractivity contribution is 4.72. The summed E-state index contributed by atoms with van der Waals surface area (Å²) in [7, 11) is 0. The maximum atomic E-state index is 5.60. The maximum Gasteiger partial charge on any atom is 0.165 e. The van der Waals surface area contributed by atoms with Gasteiger partial charge in [-0.3, -0.25) is 0 Å². The van der Waals surface area contributed by atoms with Gasteiger partial charge < -0.3 is 15.2 Å². The molecule has 0 spiro atoms. The van der Waals surface area contributed by atoms with Crippen LogP contribution in [0.15, 0.2) is 0 Å². The molecule has 0 aromatic rings. The quantitative estimate of drug-likeness (QED) is 0.650. The predicted molar refractivity (Wildman–Crippen MR) is 43.2 cm³/mol. The van der Waals surface area contributed by atoms with Crippen molar-refractivity contribution in [1.82, 2.24) is 0 Å². The summed E-state index contributed by atoms with van der Waals surface area (Å²) in [5, 5.41) is 0. The number of ether oxygens (including phenoxy) is 2. The molecule has 2 N–H and O–H groups in total. The third-order valence-electron chi connectivity index (χ3n) is 1.91. The molecule has 0 aromatic heterocycles. The minimum absolute atomic E-state index is 0.0555. The molecule has 0 aliphatic carbocycles. The first-order valence-electron chi connectivity index (χ1n) is 4.20. The molecule has 11 heavy (non-hydrogen) atoms. The Bertz CT molecular complexity index is 119. The van der Waals surface area contributed by atoms with Crippen LogP contribution in [-0.2, 0) is 9.47 Å². The Kier molecular flexibility index (Phi) is 2.87. The van der Waals surface area contributed by atoms with Gasteiger partial charge in [-0.25, -0.2) is 0 Å². The topological polar surface area (TPSA) is 44.5 Å². The van der Waals surface area contributed by atoms with Gasteiger partial charge in [0.2, 0.25) is 0 Å². The molecule has 1 saturated heterocycles. The second-order valence-electron chi connectivity index (χ2n) is 3.27. The first-order chi connectivity index (χ1) is 5.16. The van der Waals surface area contributed by atoms with E-state index in [9.17, 15) is 0 Å². The van der Waals surface area contributed by atoms with Gasteiger partial charge in [0, 0.05) is 6.42 Å². The number of hydrogen-bond donors (Lipinski definition) is 1. The van der Waals surface area contributed by atoms with Crippen LogP contribution in [-0.4, -0.2) is 25.0 Å². The van der Waals surface area contributed by atoms with Crippen LogP contribution in [0.25, 0.3) is 0 Å². The highest BCUT2D eigenvalue weighted by Crippen LogP contribution is 2.22. The smallest absolute Gasteiger partial charge is 0.165 e. The maximum absolute atomic E-state index is 5.60. The van der Waals surface area contributed by atoms with Gasteiger partial charge in [0.25, 0.3) is 0 Å². The van der Waals surface area contributed by atoms with Crippen molar-refractivity contribution in [3.63, 3.8) is 0 Å². The third-order valence-corrected chi connectivity index (χ3v) is 1.91. The van der Waals surface area contributed by atoms with Gasteiger partial charge in [-0.15, -0.1) is 0 Å². The fraction of sp³-hybridized carbons (Fsp3) is 1.00. The molecular formula is C8H17NO2. The molecule has 1 heterocycles. The summed E-state index contributed by atoms with van der Waals surface area (Å²) >= 11 is 0. The molecule has 66 valence electrons. The van der Waals surface area contributed by atoms with Crippen LogP contribution in [0.1, 0.15) is 26.7 Å². The molecule has 3 nitrogen and oxygen atoms in total. The van der Waals surface area contributed by atoms with Gasteiger partial charge in [-0.2, -0.15) is 0 Å². The lowest BCUT2D eigenvalue weighted by atomic mass is 10.1. The second kappa shape index (κ2) is 3.52. The molecule has 0 saturated carbocycles. The van der Waals surface area contributed by atoms with Crippen LogP contribution in [0.3, 0.4) is 0 Å². The highest BCUT2D eigenvalue weighted by atomic mass is 16.7. The zero-order valence-electron chi connectivity index (χ0n) is 7.30. The Hall–Kier alpha value is -0.120. The molecule has 0 radical (unpaired) electrons. The molecular weight excluding hydrogens is 142 g/mol. The fourth-order valence-corrected chi connectivity index (χ4v) is 1.25. The third kappa shape index (κ3) is 2.43. The molecule has 1 fully saturated rings. The number of rotatable bonds is 2. The average molecular weight is 159 g/mol. The van der Waals surface area contributed by atoms with Crippen LogP contribution in [0.4, 0.5) is 0 Å². The van der Waals surface area contributed by atoms with Crippen molar-refractivity contribution in [2.45, 2.75) is 38.5 Å². The van der Waals surface area contributed by atoms with E-state index in [4.69, 9.17) is 15.2 Å². The van der Waals surface area contributed by atoms with Crippen molar-refractivity contribution in [2.75, 3.05) is 13.2 Å². The number of nitrogens with two attached hydrogens (primary N) is 1. The molecule has 0 bridgehead atoms. The summed E-state index contributed by atoms with van der Waals surface area (Å²) in [6.07, 6.45) is 2.02. The van der Waals surface area contributed by atoms with Crippen LogP contribution in [0.5, 0.6) is 0 Å². The largest absolute Gasteiger partial charge is 0.349 e. The summed E-state index contributed by atoms with van der Waals surface area (Å²) < 4.78 is 10.9. The first kappa shape index (κ1) is 8.97. The Labute approximate surface area is 67.9 Å². The predicted octanol–water partition coefficient (Wildman–Crippen LogP) is 0.877. The lowest BCUT2D eigenvalue weighted by molar-refractivity contribution is -0.264. The van der Waals surface area contributed by atoms with Gasteiger partial charge in [0.05, 0.1) is 19.3 Å². The zero-order chi connectivity index (χ0) is 8.32. The molecule has 1 aliphatic rings. The normalized spacial score (nSPS) is 39.0. The van der Waals surface area contributed by atoms with E-state index in [1.807, 2.05) is 6.92 Å². The van der Waals surface area contributed by atoms with Gasteiger partial charge in [-0.1, -0.05) is 13.3 Å². The van der Waals surface area contributed by atoms with Crippen LogP contribution in [0, 0.1) is 0 Å². The summed E-state index contributed by atoms with van der Waals surface area (Å²) in [6.45, 7) is 5.34. The minimum Gasteiger partial charge on any atom is -0.349 e. The van der Waals surface area contributed by atoms with E-state index in [-0.39, 0.29) is 11.8 Å². The highest BCUT2D eigenvalue weighted by Gasteiger charge is 2.30. The number of hydrogen-bond acceptors (Lipinski definition) is 3. The van der Waals surface area contributed by atoms with Gasteiger partial charge in [0.1, 0.15) is 0 Å². The lowest BCUT2D eigenvalue weighted by Crippen LogP contribution is -2.47. The van der Waals surface area contributed by atoms with Crippen molar-refractivity contribution in [3.8, 4) is 0 Å². The second-order valence-corrected chi connectivity index (χ2v) is 3.27. The summed E-state index contributed by atoms with van der Waals surface area (Å²) in [5.41, 5.74) is 5.60. The van der Waals surface area contributed by atoms with E-state index in [1.54, 1.807) is 0 Å². The van der Waals surface area contributed by atoms with Crippen LogP contribution < -0.4 is 5.73 Å². The molecule has 0 amide bonds. The molecule has 0 aromatic carbocycles. The zero-order valence-corrected chi connectivity index (χ0v) is 7.30. The van der Waals surface area contributed by atoms with Crippen molar-refractivity contribution in [2.24, 2.45) is 5.73 Å². The Balaban J connectivity index is 2.35. The molecule has 3 heteroatoms. The van der Waals surface area contributed by atoms with E-state index in [1.165, 1.54) is 0 Å². The summed E-state index contributed by atoms with van der Waals surface area (Å²) in [6, 6.07) is 0.0555. The molecule has 0 atom stereocenters. The SMILES string of the molecule is CCCC1(C)OCC(N)CO1. The molecule has 0 unspecified atom stereocenters. The van der Waals surface area contributed by atoms with Crippen LogP contribution >= 0.6 is 0 Å².